The fourth-order valence-corrected chi connectivity index (χ4v) is 3.04. The SMILES string of the molecule is COc1ccccc1OCCC(=O)N(C)CC(=O)Nc1c(C)cc(C)cc1C. The van der Waals surface area contributed by atoms with Gasteiger partial charge in [-0.25, -0.2) is 0 Å². The predicted molar refractivity (Wildman–Crippen MR) is 110 cm³/mol. The number of aryl methyl sites for hydroxylation is 3. The van der Waals surface area contributed by atoms with Crippen molar-refractivity contribution in [2.45, 2.75) is 27.2 Å². The van der Waals surface area contributed by atoms with Crippen LogP contribution in [0.15, 0.2) is 36.4 Å². The number of carbonyl (C=O) groups excluding carboxylic acids is 2. The Labute approximate surface area is 166 Å². The molecule has 0 aliphatic heterocycles. The third kappa shape index (κ3) is 5.74. The van der Waals surface area contributed by atoms with E-state index in [1.807, 2.05) is 45.0 Å². The molecular weight excluding hydrogens is 356 g/mol. The number of likely N-dealkylation sites (N-methyl/N-ethyl adjacent to an activating group) is 1. The lowest BCUT2D eigenvalue weighted by atomic mass is 10.1. The first-order valence-electron chi connectivity index (χ1n) is 9.19. The van der Waals surface area contributed by atoms with E-state index in [9.17, 15) is 9.59 Å². The summed E-state index contributed by atoms with van der Waals surface area (Å²) in [6, 6.07) is 11.3. The van der Waals surface area contributed by atoms with Gasteiger partial charge in [0.05, 0.1) is 26.7 Å². The van der Waals surface area contributed by atoms with Crippen molar-refractivity contribution in [3.63, 3.8) is 0 Å². The minimum absolute atomic E-state index is 0.0136. The summed E-state index contributed by atoms with van der Waals surface area (Å²) >= 11 is 0. The largest absolute Gasteiger partial charge is 0.493 e. The first kappa shape index (κ1) is 21.3. The molecule has 2 amide bonds. The molecule has 0 saturated carbocycles. The second-order valence-electron chi connectivity index (χ2n) is 6.82. The number of carbonyl (C=O) groups is 2. The highest BCUT2D eigenvalue weighted by Gasteiger charge is 2.15. The van der Waals surface area contributed by atoms with Gasteiger partial charge in [-0.1, -0.05) is 29.8 Å². The molecule has 0 aliphatic carbocycles. The van der Waals surface area contributed by atoms with Crippen LogP contribution in [0.5, 0.6) is 11.5 Å². The number of rotatable bonds is 8. The molecule has 0 fully saturated rings. The Balaban J connectivity index is 1.84. The summed E-state index contributed by atoms with van der Waals surface area (Å²) in [5.41, 5.74) is 3.96. The smallest absolute Gasteiger partial charge is 0.243 e. The van der Waals surface area contributed by atoms with E-state index in [2.05, 4.69) is 5.32 Å². The Hall–Kier alpha value is -3.02. The van der Waals surface area contributed by atoms with Gasteiger partial charge in [0.2, 0.25) is 11.8 Å². The van der Waals surface area contributed by atoms with Crippen LogP contribution in [0.25, 0.3) is 0 Å². The molecule has 0 saturated heterocycles. The van der Waals surface area contributed by atoms with Crippen molar-refractivity contribution in [2.24, 2.45) is 0 Å². The van der Waals surface area contributed by atoms with Gasteiger partial charge in [0.25, 0.3) is 0 Å². The number of hydrogen-bond donors (Lipinski definition) is 1. The van der Waals surface area contributed by atoms with Gasteiger partial charge in [-0.05, 0) is 44.0 Å². The van der Waals surface area contributed by atoms with Crippen molar-refractivity contribution in [3.05, 3.63) is 53.1 Å². The molecule has 2 rings (SSSR count). The molecular formula is C22H28N2O4. The van der Waals surface area contributed by atoms with Crippen LogP contribution in [0.2, 0.25) is 0 Å². The molecule has 6 heteroatoms. The van der Waals surface area contributed by atoms with Gasteiger partial charge >= 0.3 is 0 Å². The van der Waals surface area contributed by atoms with Crippen LogP contribution < -0.4 is 14.8 Å². The lowest BCUT2D eigenvalue weighted by Gasteiger charge is -2.19. The number of nitrogens with one attached hydrogen (secondary N) is 1. The van der Waals surface area contributed by atoms with Gasteiger partial charge in [0, 0.05) is 12.7 Å². The summed E-state index contributed by atoms with van der Waals surface area (Å²) in [5.74, 6) is 0.814. The molecule has 28 heavy (non-hydrogen) atoms. The van der Waals surface area contributed by atoms with E-state index in [0.717, 1.165) is 22.4 Å². The topological polar surface area (TPSA) is 67.9 Å². The maximum atomic E-state index is 12.3. The number of benzene rings is 2. The Kier molecular flexibility index (Phi) is 7.44. The van der Waals surface area contributed by atoms with Gasteiger partial charge in [0.15, 0.2) is 11.5 Å². The van der Waals surface area contributed by atoms with Gasteiger partial charge < -0.3 is 19.7 Å². The summed E-state index contributed by atoms with van der Waals surface area (Å²) in [6.45, 7) is 6.13. The lowest BCUT2D eigenvalue weighted by molar-refractivity contribution is -0.133. The van der Waals surface area contributed by atoms with Crippen LogP contribution in [0, 0.1) is 20.8 Å². The standard InChI is InChI=1S/C22H28N2O4/c1-15-12-16(2)22(17(3)13-15)23-20(25)14-24(4)21(26)10-11-28-19-9-7-6-8-18(19)27-5/h6-9,12-13H,10-11,14H2,1-5H3,(H,23,25). The first-order chi connectivity index (χ1) is 13.3. The summed E-state index contributed by atoms with van der Waals surface area (Å²) in [5, 5.41) is 2.91. The monoisotopic (exact) mass is 384 g/mol. The van der Waals surface area contributed by atoms with Crippen LogP contribution in [-0.4, -0.2) is 44.0 Å². The average molecular weight is 384 g/mol. The summed E-state index contributed by atoms with van der Waals surface area (Å²) < 4.78 is 10.8. The van der Waals surface area contributed by atoms with Crippen molar-refractivity contribution in [2.75, 3.05) is 32.6 Å². The molecule has 0 atom stereocenters. The molecule has 150 valence electrons. The fraction of sp³-hybridized carbons (Fsp3) is 0.364. The van der Waals surface area contributed by atoms with E-state index in [1.165, 1.54) is 4.90 Å². The highest BCUT2D eigenvalue weighted by atomic mass is 16.5. The number of methoxy groups -OCH3 is 1. The van der Waals surface area contributed by atoms with E-state index in [0.29, 0.717) is 11.5 Å². The number of anilines is 1. The quantitative estimate of drug-likeness (QED) is 0.757. The van der Waals surface area contributed by atoms with Crippen LogP contribution in [0.1, 0.15) is 23.1 Å². The Bertz CT molecular complexity index is 825. The van der Waals surface area contributed by atoms with Gasteiger partial charge in [0.1, 0.15) is 0 Å². The number of ether oxygens (including phenoxy) is 2. The van der Waals surface area contributed by atoms with Crippen molar-refractivity contribution < 1.29 is 19.1 Å². The summed E-state index contributed by atoms with van der Waals surface area (Å²) in [7, 11) is 3.18. The zero-order valence-corrected chi connectivity index (χ0v) is 17.2. The second kappa shape index (κ2) is 9.78. The normalized spacial score (nSPS) is 10.3. The maximum absolute atomic E-state index is 12.3. The molecule has 2 aromatic rings. The fourth-order valence-electron chi connectivity index (χ4n) is 3.04. The third-order valence-corrected chi connectivity index (χ3v) is 4.39. The van der Waals surface area contributed by atoms with Crippen molar-refractivity contribution in [1.29, 1.82) is 0 Å². The van der Waals surface area contributed by atoms with Gasteiger partial charge in [-0.3, -0.25) is 9.59 Å². The molecule has 0 aliphatic rings. The molecule has 0 bridgehead atoms. The number of hydrogen-bond acceptors (Lipinski definition) is 4. The minimum Gasteiger partial charge on any atom is -0.493 e. The van der Waals surface area contributed by atoms with Crippen LogP contribution in [0.3, 0.4) is 0 Å². The maximum Gasteiger partial charge on any atom is 0.243 e. The Morgan fingerprint density at radius 2 is 1.64 bits per heavy atom. The molecule has 0 spiro atoms. The van der Waals surface area contributed by atoms with E-state index < -0.39 is 0 Å². The van der Waals surface area contributed by atoms with Crippen LogP contribution in [-0.2, 0) is 9.59 Å². The molecule has 0 unspecified atom stereocenters. The molecule has 2 aromatic carbocycles. The van der Waals surface area contributed by atoms with Crippen LogP contribution >= 0.6 is 0 Å². The molecule has 6 nitrogen and oxygen atoms in total. The highest BCUT2D eigenvalue weighted by Crippen LogP contribution is 2.26. The van der Waals surface area contributed by atoms with Gasteiger partial charge in [-0.15, -0.1) is 0 Å². The van der Waals surface area contributed by atoms with E-state index in [1.54, 1.807) is 26.3 Å². The predicted octanol–water partition coefficient (Wildman–Crippen LogP) is 3.49. The van der Waals surface area contributed by atoms with E-state index >= 15 is 0 Å². The first-order valence-corrected chi connectivity index (χ1v) is 9.19. The molecule has 0 aromatic heterocycles. The third-order valence-electron chi connectivity index (χ3n) is 4.39. The summed E-state index contributed by atoms with van der Waals surface area (Å²) in [6.07, 6.45) is 0.171. The lowest BCUT2D eigenvalue weighted by Crippen LogP contribution is -2.35. The second-order valence-corrected chi connectivity index (χ2v) is 6.82. The Morgan fingerprint density at radius 3 is 2.25 bits per heavy atom. The Morgan fingerprint density at radius 1 is 1.04 bits per heavy atom. The average Bonchev–Trinajstić information content (AvgIpc) is 2.64. The minimum atomic E-state index is -0.225. The number of nitrogens with zero attached hydrogens (tertiary/aromatic N) is 1. The van der Waals surface area contributed by atoms with E-state index in [4.69, 9.17) is 9.47 Å². The van der Waals surface area contributed by atoms with Crippen molar-refractivity contribution in [1.82, 2.24) is 4.90 Å². The number of para-hydroxylation sites is 2. The zero-order chi connectivity index (χ0) is 20.7. The van der Waals surface area contributed by atoms with Gasteiger partial charge in [-0.2, -0.15) is 0 Å². The van der Waals surface area contributed by atoms with E-state index in [-0.39, 0.29) is 31.4 Å². The van der Waals surface area contributed by atoms with Crippen molar-refractivity contribution in [3.8, 4) is 11.5 Å². The highest BCUT2D eigenvalue weighted by molar-refractivity contribution is 5.95. The zero-order valence-electron chi connectivity index (χ0n) is 17.2. The molecule has 0 radical (unpaired) electrons. The van der Waals surface area contributed by atoms with Crippen molar-refractivity contribution >= 4 is 17.5 Å². The molecule has 0 heterocycles. The van der Waals surface area contributed by atoms with Crippen LogP contribution in [0.4, 0.5) is 5.69 Å². The summed E-state index contributed by atoms with van der Waals surface area (Å²) in [4.78, 5) is 26.0. The number of amides is 2. The molecule has 1 N–H and O–H groups in total.